The Morgan fingerprint density at radius 2 is 2.16 bits per heavy atom. The Morgan fingerprint density at radius 1 is 1.42 bits per heavy atom. The average molecular weight is 284 g/mol. The van der Waals surface area contributed by atoms with Crippen LogP contribution in [0.15, 0.2) is 18.2 Å². The molecular weight excluding hydrogens is 270 g/mol. The minimum Gasteiger partial charge on any atom is -0.497 e. The van der Waals surface area contributed by atoms with Crippen molar-refractivity contribution < 1.29 is 19.1 Å². The number of amides is 1. The largest absolute Gasteiger partial charge is 0.497 e. The molecule has 0 spiro atoms. The summed E-state index contributed by atoms with van der Waals surface area (Å²) in [6.45, 7) is 0.366. The number of hydrogen-bond donors (Lipinski definition) is 1. The van der Waals surface area contributed by atoms with Crippen LogP contribution < -0.4 is 10.1 Å². The highest BCUT2D eigenvalue weighted by Crippen LogP contribution is 2.35. The molecule has 1 aromatic carbocycles. The lowest BCUT2D eigenvalue weighted by Crippen LogP contribution is -2.28. The first-order valence-corrected chi connectivity index (χ1v) is 6.15. The van der Waals surface area contributed by atoms with Gasteiger partial charge in [-0.2, -0.15) is 0 Å². The Labute approximate surface area is 115 Å². The SMILES string of the molecule is COC(=O)C1C(=O)NC[C@H]1c1ccc(OC)cc1Cl. The standard InChI is InChI=1S/C13H14ClNO4/c1-18-7-3-4-8(10(14)5-7)9-6-15-12(16)11(9)13(17)19-2/h3-5,9,11H,6H2,1-2H3,(H,15,16)/t9-,11?/m0/s1. The third-order valence-electron chi connectivity index (χ3n) is 3.24. The van der Waals surface area contributed by atoms with E-state index in [-0.39, 0.29) is 11.8 Å². The van der Waals surface area contributed by atoms with Gasteiger partial charge in [-0.15, -0.1) is 0 Å². The second-order valence-electron chi connectivity index (χ2n) is 4.24. The molecule has 0 aliphatic carbocycles. The van der Waals surface area contributed by atoms with Crippen molar-refractivity contribution in [2.24, 2.45) is 5.92 Å². The molecule has 0 aromatic heterocycles. The monoisotopic (exact) mass is 283 g/mol. The fraction of sp³-hybridized carbons (Fsp3) is 0.385. The van der Waals surface area contributed by atoms with Crippen molar-refractivity contribution in [1.29, 1.82) is 0 Å². The number of ether oxygens (including phenoxy) is 2. The van der Waals surface area contributed by atoms with Crippen LogP contribution in [0, 0.1) is 5.92 Å². The second-order valence-corrected chi connectivity index (χ2v) is 4.65. The summed E-state index contributed by atoms with van der Waals surface area (Å²) >= 11 is 6.18. The Bertz CT molecular complexity index is 517. The summed E-state index contributed by atoms with van der Waals surface area (Å²) in [6, 6.07) is 5.18. The van der Waals surface area contributed by atoms with E-state index in [0.717, 1.165) is 5.56 Å². The van der Waals surface area contributed by atoms with Crippen molar-refractivity contribution in [2.45, 2.75) is 5.92 Å². The number of methoxy groups -OCH3 is 2. The average Bonchev–Trinajstić information content (AvgIpc) is 2.79. The van der Waals surface area contributed by atoms with E-state index in [1.807, 2.05) is 0 Å². The Kier molecular flexibility index (Phi) is 3.95. The van der Waals surface area contributed by atoms with Gasteiger partial charge < -0.3 is 14.8 Å². The molecule has 1 aliphatic rings. The molecule has 102 valence electrons. The summed E-state index contributed by atoms with van der Waals surface area (Å²) in [6.07, 6.45) is 0. The summed E-state index contributed by atoms with van der Waals surface area (Å²) in [5.41, 5.74) is 0.733. The minimum absolute atomic E-state index is 0.321. The highest BCUT2D eigenvalue weighted by molar-refractivity contribution is 6.31. The quantitative estimate of drug-likeness (QED) is 0.672. The molecule has 1 aromatic rings. The van der Waals surface area contributed by atoms with Gasteiger partial charge in [-0.05, 0) is 17.7 Å². The molecule has 0 saturated carbocycles. The third kappa shape index (κ3) is 2.51. The number of rotatable bonds is 3. The number of hydrogen-bond acceptors (Lipinski definition) is 4. The molecule has 1 N–H and O–H groups in total. The van der Waals surface area contributed by atoms with Crippen LogP contribution in [0.25, 0.3) is 0 Å². The number of esters is 1. The maximum atomic E-state index is 11.7. The first kappa shape index (κ1) is 13.7. The van der Waals surface area contributed by atoms with Gasteiger partial charge in [0.1, 0.15) is 11.7 Å². The highest BCUT2D eigenvalue weighted by Gasteiger charge is 2.42. The molecule has 1 saturated heterocycles. The topological polar surface area (TPSA) is 64.6 Å². The summed E-state index contributed by atoms with van der Waals surface area (Å²) in [5, 5.41) is 3.13. The van der Waals surface area contributed by atoms with Crippen molar-refractivity contribution in [3.8, 4) is 5.75 Å². The smallest absolute Gasteiger partial charge is 0.318 e. The molecule has 1 amide bonds. The van der Waals surface area contributed by atoms with E-state index in [4.69, 9.17) is 16.3 Å². The van der Waals surface area contributed by atoms with Gasteiger partial charge in [0.2, 0.25) is 5.91 Å². The molecule has 1 unspecified atom stereocenters. The van der Waals surface area contributed by atoms with Gasteiger partial charge in [0.15, 0.2) is 0 Å². The zero-order chi connectivity index (χ0) is 14.0. The Balaban J connectivity index is 2.35. The number of benzene rings is 1. The number of nitrogens with one attached hydrogen (secondary N) is 1. The molecule has 0 bridgehead atoms. The Hall–Kier alpha value is -1.75. The summed E-state index contributed by atoms with van der Waals surface area (Å²) in [7, 11) is 2.81. The Morgan fingerprint density at radius 3 is 2.74 bits per heavy atom. The number of carbonyl (C=O) groups is 2. The van der Waals surface area contributed by atoms with Crippen LogP contribution in [-0.2, 0) is 14.3 Å². The number of carbonyl (C=O) groups excluding carboxylic acids is 2. The van der Waals surface area contributed by atoms with E-state index >= 15 is 0 Å². The zero-order valence-corrected chi connectivity index (χ0v) is 11.4. The number of halogens is 1. The summed E-state index contributed by atoms with van der Waals surface area (Å²) in [5.74, 6) is -1.43. The maximum absolute atomic E-state index is 11.7. The van der Waals surface area contributed by atoms with Crippen molar-refractivity contribution in [1.82, 2.24) is 5.32 Å². The summed E-state index contributed by atoms with van der Waals surface area (Å²) < 4.78 is 9.74. The van der Waals surface area contributed by atoms with Crippen LogP contribution in [0.1, 0.15) is 11.5 Å². The van der Waals surface area contributed by atoms with Gasteiger partial charge in [0, 0.05) is 17.5 Å². The fourth-order valence-corrected chi connectivity index (χ4v) is 2.56. The van der Waals surface area contributed by atoms with Crippen LogP contribution in [0.2, 0.25) is 5.02 Å². The molecule has 2 atom stereocenters. The van der Waals surface area contributed by atoms with E-state index in [9.17, 15) is 9.59 Å². The summed E-state index contributed by atoms with van der Waals surface area (Å²) in [4.78, 5) is 23.4. The van der Waals surface area contributed by atoms with E-state index < -0.39 is 11.9 Å². The van der Waals surface area contributed by atoms with Crippen LogP contribution in [0.4, 0.5) is 0 Å². The van der Waals surface area contributed by atoms with Crippen molar-refractivity contribution >= 4 is 23.5 Å². The van der Waals surface area contributed by atoms with Gasteiger partial charge in [-0.1, -0.05) is 17.7 Å². The fourth-order valence-electron chi connectivity index (χ4n) is 2.24. The molecule has 1 aliphatic heterocycles. The van der Waals surface area contributed by atoms with Gasteiger partial charge >= 0.3 is 5.97 Å². The molecule has 1 fully saturated rings. The van der Waals surface area contributed by atoms with Gasteiger partial charge in [0.25, 0.3) is 0 Å². The van der Waals surface area contributed by atoms with Crippen molar-refractivity contribution in [3.05, 3.63) is 28.8 Å². The van der Waals surface area contributed by atoms with Crippen LogP contribution >= 0.6 is 11.6 Å². The van der Waals surface area contributed by atoms with Crippen molar-refractivity contribution in [2.75, 3.05) is 20.8 Å². The first-order valence-electron chi connectivity index (χ1n) is 5.77. The van der Waals surface area contributed by atoms with Crippen LogP contribution in [-0.4, -0.2) is 32.6 Å². The lowest BCUT2D eigenvalue weighted by atomic mass is 9.88. The van der Waals surface area contributed by atoms with Crippen LogP contribution in [0.3, 0.4) is 0 Å². The molecular formula is C13H14ClNO4. The van der Waals surface area contributed by atoms with E-state index in [0.29, 0.717) is 17.3 Å². The predicted octanol–water partition coefficient (Wildman–Crippen LogP) is 1.35. The zero-order valence-electron chi connectivity index (χ0n) is 10.6. The molecule has 5 nitrogen and oxygen atoms in total. The maximum Gasteiger partial charge on any atom is 0.318 e. The molecule has 6 heteroatoms. The normalized spacial score (nSPS) is 21.9. The van der Waals surface area contributed by atoms with Gasteiger partial charge in [-0.25, -0.2) is 0 Å². The van der Waals surface area contributed by atoms with Crippen LogP contribution in [0.5, 0.6) is 5.75 Å². The van der Waals surface area contributed by atoms with E-state index in [1.54, 1.807) is 25.3 Å². The highest BCUT2D eigenvalue weighted by atomic mass is 35.5. The first-order chi connectivity index (χ1) is 9.08. The molecule has 2 rings (SSSR count). The lowest BCUT2D eigenvalue weighted by molar-refractivity contribution is -0.149. The molecule has 19 heavy (non-hydrogen) atoms. The van der Waals surface area contributed by atoms with Gasteiger partial charge in [0.05, 0.1) is 14.2 Å². The second kappa shape index (κ2) is 5.48. The minimum atomic E-state index is -0.851. The predicted molar refractivity (Wildman–Crippen MR) is 69.3 cm³/mol. The van der Waals surface area contributed by atoms with Gasteiger partial charge in [-0.3, -0.25) is 9.59 Å². The van der Waals surface area contributed by atoms with E-state index in [1.165, 1.54) is 7.11 Å². The molecule has 0 radical (unpaired) electrons. The lowest BCUT2D eigenvalue weighted by Gasteiger charge is -2.16. The van der Waals surface area contributed by atoms with E-state index in [2.05, 4.69) is 10.1 Å². The third-order valence-corrected chi connectivity index (χ3v) is 3.57. The van der Waals surface area contributed by atoms with Crippen molar-refractivity contribution in [3.63, 3.8) is 0 Å². The molecule has 1 heterocycles.